The van der Waals surface area contributed by atoms with Crippen molar-refractivity contribution >= 4 is 9.84 Å². The fraction of sp³-hybridized carbons (Fsp3) is 0.667. The van der Waals surface area contributed by atoms with Crippen LogP contribution in [-0.4, -0.2) is 29.7 Å². The zero-order chi connectivity index (χ0) is 11.1. The van der Waals surface area contributed by atoms with Crippen LogP contribution in [0.25, 0.3) is 0 Å². The van der Waals surface area contributed by atoms with E-state index < -0.39 is 9.84 Å². The van der Waals surface area contributed by atoms with Gasteiger partial charge >= 0.3 is 0 Å². The van der Waals surface area contributed by atoms with Crippen molar-refractivity contribution in [3.05, 3.63) is 17.5 Å². The number of hydrogen-bond acceptors (Lipinski definition) is 4. The summed E-state index contributed by atoms with van der Waals surface area (Å²) in [4.78, 5) is 0. The van der Waals surface area contributed by atoms with Gasteiger partial charge in [-0.15, -0.1) is 0 Å². The van der Waals surface area contributed by atoms with Crippen LogP contribution in [0.1, 0.15) is 23.7 Å². The van der Waals surface area contributed by atoms with Crippen LogP contribution in [0.5, 0.6) is 0 Å². The third kappa shape index (κ3) is 1.91. The van der Waals surface area contributed by atoms with E-state index in [1.54, 1.807) is 10.9 Å². The maximum Gasteiger partial charge on any atom is 0.152 e. The highest BCUT2D eigenvalue weighted by Gasteiger charge is 2.30. The first-order valence-electron chi connectivity index (χ1n) is 4.97. The molecule has 1 atom stereocenters. The maximum absolute atomic E-state index is 11.3. The van der Waals surface area contributed by atoms with E-state index >= 15 is 0 Å². The van der Waals surface area contributed by atoms with Gasteiger partial charge in [-0.3, -0.25) is 4.68 Å². The first-order chi connectivity index (χ1) is 7.03. The number of sulfone groups is 1. The minimum absolute atomic E-state index is 0.00435. The van der Waals surface area contributed by atoms with Crippen LogP contribution >= 0.6 is 0 Å². The van der Waals surface area contributed by atoms with Gasteiger partial charge in [-0.05, 0) is 13.3 Å². The Hall–Kier alpha value is -0.880. The minimum Gasteiger partial charge on any atom is -0.326 e. The normalized spacial score (nSPS) is 24.5. The van der Waals surface area contributed by atoms with Gasteiger partial charge in [-0.2, -0.15) is 5.10 Å². The monoisotopic (exact) mass is 229 g/mol. The summed E-state index contributed by atoms with van der Waals surface area (Å²) in [7, 11) is -2.85. The number of hydrogen-bond donors (Lipinski definition) is 1. The molecule has 1 unspecified atom stereocenters. The molecular formula is C9H15N3O2S. The Balaban J connectivity index is 2.28. The van der Waals surface area contributed by atoms with Gasteiger partial charge in [0.05, 0.1) is 23.7 Å². The summed E-state index contributed by atoms with van der Waals surface area (Å²) in [5, 5.41) is 4.21. The molecule has 0 aromatic carbocycles. The Morgan fingerprint density at radius 2 is 2.40 bits per heavy atom. The van der Waals surface area contributed by atoms with Crippen LogP contribution in [0.15, 0.2) is 6.20 Å². The number of aromatic nitrogens is 2. The Morgan fingerprint density at radius 3 is 2.87 bits per heavy atom. The molecule has 0 radical (unpaired) electrons. The van der Waals surface area contributed by atoms with E-state index in [4.69, 9.17) is 5.73 Å². The van der Waals surface area contributed by atoms with E-state index in [0.29, 0.717) is 13.0 Å². The lowest BCUT2D eigenvalue weighted by molar-refractivity contribution is 0.487. The topological polar surface area (TPSA) is 78.0 Å². The minimum atomic E-state index is -2.85. The third-order valence-corrected chi connectivity index (χ3v) is 4.67. The highest BCUT2D eigenvalue weighted by molar-refractivity contribution is 7.91. The van der Waals surface area contributed by atoms with Crippen molar-refractivity contribution in [1.29, 1.82) is 0 Å². The van der Waals surface area contributed by atoms with Gasteiger partial charge in [0.25, 0.3) is 0 Å². The zero-order valence-corrected chi connectivity index (χ0v) is 9.50. The molecule has 2 heterocycles. The van der Waals surface area contributed by atoms with E-state index in [9.17, 15) is 8.42 Å². The fourth-order valence-electron chi connectivity index (χ4n) is 2.00. The standard InChI is InChI=1S/C9H15N3O2S/c1-7-8(4-10)5-11-12(7)9-2-3-15(13,14)6-9/h5,9H,2-4,6,10H2,1H3. The Kier molecular flexibility index (Phi) is 2.56. The zero-order valence-electron chi connectivity index (χ0n) is 8.68. The average molecular weight is 229 g/mol. The van der Waals surface area contributed by atoms with Crippen molar-refractivity contribution in [3.63, 3.8) is 0 Å². The van der Waals surface area contributed by atoms with Crippen LogP contribution in [-0.2, 0) is 16.4 Å². The second-order valence-corrected chi connectivity index (χ2v) is 6.19. The van der Waals surface area contributed by atoms with Crippen molar-refractivity contribution in [2.75, 3.05) is 11.5 Å². The molecule has 0 amide bonds. The molecule has 15 heavy (non-hydrogen) atoms. The van der Waals surface area contributed by atoms with Crippen LogP contribution in [0, 0.1) is 6.92 Å². The average Bonchev–Trinajstić information content (AvgIpc) is 2.69. The van der Waals surface area contributed by atoms with Gasteiger partial charge < -0.3 is 5.73 Å². The summed E-state index contributed by atoms with van der Waals surface area (Å²) >= 11 is 0. The predicted octanol–water partition coefficient (Wildman–Crippen LogP) is 0.00982. The third-order valence-electron chi connectivity index (χ3n) is 2.92. The molecule has 1 aromatic rings. The summed E-state index contributed by atoms with van der Waals surface area (Å²) in [6, 6.07) is -0.00435. The molecule has 84 valence electrons. The van der Waals surface area contributed by atoms with Gasteiger partial charge in [0.1, 0.15) is 0 Å². The van der Waals surface area contributed by atoms with Gasteiger partial charge in [-0.1, -0.05) is 0 Å². The summed E-state index contributed by atoms with van der Waals surface area (Å²) in [5.41, 5.74) is 7.52. The van der Waals surface area contributed by atoms with Crippen molar-refractivity contribution in [2.45, 2.75) is 25.9 Å². The van der Waals surface area contributed by atoms with E-state index in [-0.39, 0.29) is 17.5 Å². The molecule has 1 fully saturated rings. The van der Waals surface area contributed by atoms with Crippen LogP contribution in [0.3, 0.4) is 0 Å². The lowest BCUT2D eigenvalue weighted by Crippen LogP contribution is -2.14. The van der Waals surface area contributed by atoms with Crippen molar-refractivity contribution in [2.24, 2.45) is 5.73 Å². The van der Waals surface area contributed by atoms with Crippen LogP contribution in [0.4, 0.5) is 0 Å². The first kappa shape index (κ1) is 10.6. The van der Waals surface area contributed by atoms with Gasteiger partial charge in [0, 0.05) is 17.8 Å². The lowest BCUT2D eigenvalue weighted by Gasteiger charge is -2.11. The predicted molar refractivity (Wildman–Crippen MR) is 57.2 cm³/mol. The van der Waals surface area contributed by atoms with Crippen LogP contribution in [0.2, 0.25) is 0 Å². The SMILES string of the molecule is Cc1c(CN)cnn1C1CCS(=O)(=O)C1. The van der Waals surface area contributed by atoms with E-state index in [1.807, 2.05) is 6.92 Å². The van der Waals surface area contributed by atoms with E-state index in [1.165, 1.54) is 0 Å². The van der Waals surface area contributed by atoms with Gasteiger partial charge in [0.15, 0.2) is 9.84 Å². The number of nitrogens with zero attached hydrogens (tertiary/aromatic N) is 2. The summed E-state index contributed by atoms with van der Waals surface area (Å²) in [6.07, 6.45) is 2.38. The highest BCUT2D eigenvalue weighted by Crippen LogP contribution is 2.25. The van der Waals surface area contributed by atoms with Crippen molar-refractivity contribution in [1.82, 2.24) is 9.78 Å². The molecule has 0 saturated carbocycles. The molecule has 6 heteroatoms. The fourth-order valence-corrected chi connectivity index (χ4v) is 3.69. The van der Waals surface area contributed by atoms with Crippen LogP contribution < -0.4 is 5.73 Å². The molecule has 1 saturated heterocycles. The summed E-state index contributed by atoms with van der Waals surface area (Å²) < 4.78 is 24.5. The second kappa shape index (κ2) is 3.61. The molecule has 2 N–H and O–H groups in total. The number of nitrogens with two attached hydrogens (primary N) is 1. The molecule has 1 aliphatic heterocycles. The Morgan fingerprint density at radius 1 is 1.67 bits per heavy atom. The Bertz CT molecular complexity index is 464. The molecule has 5 nitrogen and oxygen atoms in total. The Labute approximate surface area is 89.2 Å². The van der Waals surface area contributed by atoms with Crippen molar-refractivity contribution < 1.29 is 8.42 Å². The molecule has 1 aliphatic rings. The molecule has 0 bridgehead atoms. The second-order valence-electron chi connectivity index (χ2n) is 3.96. The smallest absolute Gasteiger partial charge is 0.152 e. The van der Waals surface area contributed by atoms with Crippen molar-refractivity contribution in [3.8, 4) is 0 Å². The largest absolute Gasteiger partial charge is 0.326 e. The molecule has 0 aliphatic carbocycles. The number of rotatable bonds is 2. The maximum atomic E-state index is 11.3. The molecule has 1 aromatic heterocycles. The summed E-state index contributed by atoms with van der Waals surface area (Å²) in [5.74, 6) is 0.481. The highest BCUT2D eigenvalue weighted by atomic mass is 32.2. The summed E-state index contributed by atoms with van der Waals surface area (Å²) in [6.45, 7) is 2.38. The lowest BCUT2D eigenvalue weighted by atomic mass is 10.2. The van der Waals surface area contributed by atoms with Gasteiger partial charge in [-0.25, -0.2) is 8.42 Å². The van der Waals surface area contributed by atoms with Gasteiger partial charge in [0.2, 0.25) is 0 Å². The quantitative estimate of drug-likeness (QED) is 0.775. The molecular weight excluding hydrogens is 214 g/mol. The molecule has 0 spiro atoms. The van der Waals surface area contributed by atoms with E-state index in [0.717, 1.165) is 11.3 Å². The van der Waals surface area contributed by atoms with E-state index in [2.05, 4.69) is 5.10 Å². The molecule has 2 rings (SSSR count). The first-order valence-corrected chi connectivity index (χ1v) is 6.79.